The zero-order valence-corrected chi connectivity index (χ0v) is 19.6. The largest absolute Gasteiger partial charge is 0.353 e. The highest BCUT2D eigenvalue weighted by atomic mass is 35.5. The summed E-state index contributed by atoms with van der Waals surface area (Å²) in [6.07, 6.45) is 6.14. The average Bonchev–Trinajstić information content (AvgIpc) is 3.36. The van der Waals surface area contributed by atoms with Crippen LogP contribution in [0.2, 0.25) is 10.0 Å². The van der Waals surface area contributed by atoms with Crippen LogP contribution in [0.5, 0.6) is 0 Å². The predicted octanol–water partition coefficient (Wildman–Crippen LogP) is 4.41. The molecule has 1 fully saturated rings. The fraction of sp³-hybridized carbons (Fsp3) is 0.429. The number of nitrogens with one attached hydrogen (secondary N) is 2. The topological polar surface area (TPSA) is 88.9 Å². The molecule has 7 nitrogen and oxygen atoms in total. The van der Waals surface area contributed by atoms with Gasteiger partial charge < -0.3 is 15.2 Å². The summed E-state index contributed by atoms with van der Waals surface area (Å²) in [5.74, 6) is 0.474. The predicted molar refractivity (Wildman–Crippen MR) is 124 cm³/mol. The first-order valence-corrected chi connectivity index (χ1v) is 11.8. The van der Waals surface area contributed by atoms with Crippen LogP contribution in [0.15, 0.2) is 36.0 Å². The molecule has 0 saturated heterocycles. The van der Waals surface area contributed by atoms with E-state index < -0.39 is 6.04 Å². The standard InChI is InChI=1S/C21H25Cl2N5O2S/c1-3-10-28-19(13(2)24-20(30)16-9-8-14(22)11-17(16)23)26-27-21(28)31-12-18(29)25-15-6-4-5-7-15/h3,8-9,11,13,15H,1,4-7,10,12H2,2H3,(H,24,30)(H,25,29). The number of nitrogens with zero attached hydrogens (tertiary/aromatic N) is 3. The minimum atomic E-state index is -0.437. The van der Waals surface area contributed by atoms with E-state index in [4.69, 9.17) is 23.2 Å². The van der Waals surface area contributed by atoms with Crippen LogP contribution in [-0.4, -0.2) is 38.4 Å². The van der Waals surface area contributed by atoms with Crippen molar-refractivity contribution in [1.29, 1.82) is 0 Å². The highest BCUT2D eigenvalue weighted by molar-refractivity contribution is 7.99. The third-order valence-corrected chi connectivity index (χ3v) is 6.53. The van der Waals surface area contributed by atoms with Crippen molar-refractivity contribution in [3.63, 3.8) is 0 Å². The summed E-state index contributed by atoms with van der Waals surface area (Å²) in [5, 5.41) is 15.7. The Balaban J connectivity index is 1.66. The van der Waals surface area contributed by atoms with Crippen molar-refractivity contribution >= 4 is 46.8 Å². The van der Waals surface area contributed by atoms with Gasteiger partial charge in [0, 0.05) is 17.6 Å². The zero-order valence-electron chi connectivity index (χ0n) is 17.2. The van der Waals surface area contributed by atoms with Gasteiger partial charge in [-0.05, 0) is 38.0 Å². The Labute approximate surface area is 196 Å². The molecular weight excluding hydrogens is 457 g/mol. The third-order valence-electron chi connectivity index (χ3n) is 5.02. The maximum Gasteiger partial charge on any atom is 0.253 e. The van der Waals surface area contributed by atoms with E-state index in [1.54, 1.807) is 18.2 Å². The van der Waals surface area contributed by atoms with E-state index >= 15 is 0 Å². The Morgan fingerprint density at radius 2 is 2.06 bits per heavy atom. The van der Waals surface area contributed by atoms with Gasteiger partial charge in [-0.25, -0.2) is 0 Å². The number of halogens is 2. The molecule has 10 heteroatoms. The number of amides is 2. The van der Waals surface area contributed by atoms with Crippen LogP contribution in [0.25, 0.3) is 0 Å². The van der Waals surface area contributed by atoms with Crippen LogP contribution < -0.4 is 10.6 Å². The van der Waals surface area contributed by atoms with Crippen molar-refractivity contribution in [2.75, 3.05) is 5.75 Å². The van der Waals surface area contributed by atoms with E-state index in [9.17, 15) is 9.59 Å². The number of benzene rings is 1. The fourth-order valence-corrected chi connectivity index (χ4v) is 4.77. The number of hydrogen-bond acceptors (Lipinski definition) is 5. The highest BCUT2D eigenvalue weighted by Gasteiger charge is 2.22. The second-order valence-electron chi connectivity index (χ2n) is 7.40. The lowest BCUT2D eigenvalue weighted by Gasteiger charge is -2.16. The molecule has 0 radical (unpaired) electrons. The molecule has 0 aliphatic heterocycles. The summed E-state index contributed by atoms with van der Waals surface area (Å²) in [6, 6.07) is 4.55. The summed E-state index contributed by atoms with van der Waals surface area (Å²) < 4.78 is 1.84. The summed E-state index contributed by atoms with van der Waals surface area (Å²) in [4.78, 5) is 24.9. The molecule has 1 aromatic carbocycles. The van der Waals surface area contributed by atoms with Crippen LogP contribution >= 0.6 is 35.0 Å². The number of hydrogen-bond donors (Lipinski definition) is 2. The van der Waals surface area contributed by atoms with Crippen molar-refractivity contribution in [3.05, 3.63) is 52.3 Å². The molecule has 1 aliphatic carbocycles. The van der Waals surface area contributed by atoms with E-state index in [-0.39, 0.29) is 28.6 Å². The van der Waals surface area contributed by atoms with E-state index in [0.717, 1.165) is 12.8 Å². The molecule has 0 spiro atoms. The smallest absolute Gasteiger partial charge is 0.253 e. The van der Waals surface area contributed by atoms with Gasteiger partial charge in [-0.1, -0.05) is 53.9 Å². The van der Waals surface area contributed by atoms with Crippen molar-refractivity contribution in [2.45, 2.75) is 56.4 Å². The maximum atomic E-state index is 12.6. The zero-order chi connectivity index (χ0) is 22.4. The molecule has 1 saturated carbocycles. The normalized spacial score (nSPS) is 14.9. The first-order valence-electron chi connectivity index (χ1n) is 10.1. The van der Waals surface area contributed by atoms with E-state index in [1.807, 2.05) is 11.5 Å². The Bertz CT molecular complexity index is 959. The van der Waals surface area contributed by atoms with Crippen LogP contribution in [0.3, 0.4) is 0 Å². The number of allylic oxidation sites excluding steroid dienone is 1. The first-order chi connectivity index (χ1) is 14.9. The van der Waals surface area contributed by atoms with Crippen molar-refractivity contribution in [3.8, 4) is 0 Å². The lowest BCUT2D eigenvalue weighted by molar-refractivity contribution is -0.119. The quantitative estimate of drug-likeness (QED) is 0.408. The number of rotatable bonds is 9. The maximum absolute atomic E-state index is 12.6. The molecule has 31 heavy (non-hydrogen) atoms. The van der Waals surface area contributed by atoms with Crippen LogP contribution in [0.1, 0.15) is 54.8 Å². The SMILES string of the molecule is C=CCn1c(SCC(=O)NC2CCCC2)nnc1C(C)NC(=O)c1ccc(Cl)cc1Cl. The van der Waals surface area contributed by atoms with Gasteiger partial charge in [-0.2, -0.15) is 0 Å². The summed E-state index contributed by atoms with van der Waals surface area (Å²) >= 11 is 13.4. The first kappa shape index (κ1) is 23.6. The minimum absolute atomic E-state index is 0.00895. The van der Waals surface area contributed by atoms with Crippen molar-refractivity contribution in [1.82, 2.24) is 25.4 Å². The molecule has 1 heterocycles. The lowest BCUT2D eigenvalue weighted by atomic mass is 10.2. The molecular formula is C21H25Cl2N5O2S. The molecule has 2 amide bonds. The lowest BCUT2D eigenvalue weighted by Crippen LogP contribution is -2.33. The number of carbonyl (C=O) groups excluding carboxylic acids is 2. The van der Waals surface area contributed by atoms with Gasteiger partial charge >= 0.3 is 0 Å². The molecule has 1 atom stereocenters. The van der Waals surface area contributed by atoms with Crippen molar-refractivity contribution in [2.24, 2.45) is 0 Å². The fourth-order valence-electron chi connectivity index (χ4n) is 3.51. The second-order valence-corrected chi connectivity index (χ2v) is 9.18. The van der Waals surface area contributed by atoms with E-state index in [0.29, 0.717) is 28.1 Å². The van der Waals surface area contributed by atoms with Gasteiger partial charge in [0.25, 0.3) is 5.91 Å². The summed E-state index contributed by atoms with van der Waals surface area (Å²) in [7, 11) is 0. The van der Waals surface area contributed by atoms with Gasteiger partial charge in [-0.3, -0.25) is 9.59 Å². The number of carbonyl (C=O) groups is 2. The second kappa shape index (κ2) is 11.0. The molecule has 1 aromatic heterocycles. The molecule has 2 N–H and O–H groups in total. The van der Waals surface area contributed by atoms with Gasteiger partial charge in [0.05, 0.1) is 22.4 Å². The Morgan fingerprint density at radius 1 is 1.32 bits per heavy atom. The molecule has 166 valence electrons. The Hall–Kier alpha value is -2.03. The van der Waals surface area contributed by atoms with Crippen molar-refractivity contribution < 1.29 is 9.59 Å². The number of thioether (sulfide) groups is 1. The third kappa shape index (κ3) is 6.24. The van der Waals surface area contributed by atoms with Gasteiger partial charge in [-0.15, -0.1) is 16.8 Å². The molecule has 0 bridgehead atoms. The highest BCUT2D eigenvalue weighted by Crippen LogP contribution is 2.24. The average molecular weight is 482 g/mol. The van der Waals surface area contributed by atoms with Crippen LogP contribution in [0, 0.1) is 0 Å². The van der Waals surface area contributed by atoms with E-state index in [2.05, 4.69) is 27.4 Å². The Kier molecular flexibility index (Phi) is 8.40. The van der Waals surface area contributed by atoms with Gasteiger partial charge in [0.2, 0.25) is 5.91 Å². The molecule has 3 rings (SSSR count). The minimum Gasteiger partial charge on any atom is -0.353 e. The molecule has 1 aliphatic rings. The monoisotopic (exact) mass is 481 g/mol. The summed E-state index contributed by atoms with van der Waals surface area (Å²) in [5.41, 5.74) is 0.325. The molecule has 1 unspecified atom stereocenters. The van der Waals surface area contributed by atoms with Gasteiger partial charge in [0.1, 0.15) is 0 Å². The van der Waals surface area contributed by atoms with E-state index in [1.165, 1.54) is 30.7 Å². The Morgan fingerprint density at radius 3 is 2.74 bits per heavy atom. The molecule has 2 aromatic rings. The van der Waals surface area contributed by atoms with Crippen LogP contribution in [-0.2, 0) is 11.3 Å². The van der Waals surface area contributed by atoms with Crippen LogP contribution in [0.4, 0.5) is 0 Å². The number of aromatic nitrogens is 3. The summed E-state index contributed by atoms with van der Waals surface area (Å²) in [6.45, 7) is 6.05. The van der Waals surface area contributed by atoms with Gasteiger partial charge in [0.15, 0.2) is 11.0 Å².